The van der Waals surface area contributed by atoms with E-state index >= 15 is 0 Å². The molecule has 0 atom stereocenters. The first-order valence-electron chi connectivity index (χ1n) is 11.7. The van der Waals surface area contributed by atoms with Crippen LogP contribution < -0.4 is 18.9 Å². The van der Waals surface area contributed by atoms with Gasteiger partial charge in [0.05, 0.1) is 39.8 Å². The quantitative estimate of drug-likeness (QED) is 0.270. The molecule has 0 unspecified atom stereocenters. The highest BCUT2D eigenvalue weighted by Gasteiger charge is 2.26. The molecule has 1 aromatic heterocycles. The lowest BCUT2D eigenvalue weighted by Gasteiger charge is -2.26. The standard InChI is InChI=1S/C26H31N3O5S/c1-31-21-13-9-8-12-19(21)20(30)16-35-26-28-27-25(29(26)18-10-6-5-7-11-18)17-14-22(32-2)24(34-4)23(15-17)33-3/h8-9,12-15,18H,5-7,10-11,16H2,1-4H3. The molecule has 1 heterocycles. The van der Waals surface area contributed by atoms with Crippen molar-refractivity contribution in [2.45, 2.75) is 43.3 Å². The number of Topliss-reactive ketones (excluding diaryl/α,β-unsaturated/α-hetero) is 1. The number of para-hydroxylation sites is 1. The van der Waals surface area contributed by atoms with Crippen molar-refractivity contribution in [1.82, 2.24) is 14.8 Å². The molecule has 0 N–H and O–H groups in total. The molecule has 3 aromatic rings. The number of nitrogens with zero attached hydrogens (tertiary/aromatic N) is 3. The summed E-state index contributed by atoms with van der Waals surface area (Å²) in [6.07, 6.45) is 5.63. The van der Waals surface area contributed by atoms with E-state index in [9.17, 15) is 4.79 Å². The summed E-state index contributed by atoms with van der Waals surface area (Å²) in [6, 6.07) is 11.3. The minimum absolute atomic E-state index is 0.0139. The van der Waals surface area contributed by atoms with E-state index < -0.39 is 0 Å². The summed E-state index contributed by atoms with van der Waals surface area (Å²) in [5.41, 5.74) is 1.39. The SMILES string of the molecule is COc1ccccc1C(=O)CSc1nnc(-c2cc(OC)c(OC)c(OC)c2)n1C1CCCCC1. The topological polar surface area (TPSA) is 84.7 Å². The lowest BCUT2D eigenvalue weighted by Crippen LogP contribution is -2.16. The molecule has 0 saturated heterocycles. The van der Waals surface area contributed by atoms with Crippen LogP contribution in [0.15, 0.2) is 41.6 Å². The summed E-state index contributed by atoms with van der Waals surface area (Å²) in [7, 11) is 6.34. The van der Waals surface area contributed by atoms with Gasteiger partial charge in [0.1, 0.15) is 5.75 Å². The predicted octanol–water partition coefficient (Wildman–Crippen LogP) is 5.46. The van der Waals surface area contributed by atoms with Crippen molar-refractivity contribution in [3.8, 4) is 34.4 Å². The zero-order chi connectivity index (χ0) is 24.8. The van der Waals surface area contributed by atoms with Gasteiger partial charge >= 0.3 is 0 Å². The summed E-state index contributed by atoms with van der Waals surface area (Å²) in [5, 5.41) is 9.79. The summed E-state index contributed by atoms with van der Waals surface area (Å²) in [5.74, 6) is 3.16. The normalized spacial score (nSPS) is 13.9. The van der Waals surface area contributed by atoms with Gasteiger partial charge in [-0.25, -0.2) is 0 Å². The maximum absolute atomic E-state index is 13.0. The largest absolute Gasteiger partial charge is 0.496 e. The molecule has 1 aliphatic rings. The van der Waals surface area contributed by atoms with Crippen molar-refractivity contribution < 1.29 is 23.7 Å². The van der Waals surface area contributed by atoms with Crippen LogP contribution in [0.25, 0.3) is 11.4 Å². The van der Waals surface area contributed by atoms with E-state index in [2.05, 4.69) is 14.8 Å². The number of rotatable bonds is 10. The van der Waals surface area contributed by atoms with Crippen LogP contribution >= 0.6 is 11.8 Å². The smallest absolute Gasteiger partial charge is 0.203 e. The third-order valence-electron chi connectivity index (χ3n) is 6.27. The van der Waals surface area contributed by atoms with Gasteiger partial charge in [-0.1, -0.05) is 43.2 Å². The molecule has 35 heavy (non-hydrogen) atoms. The van der Waals surface area contributed by atoms with Gasteiger partial charge < -0.3 is 18.9 Å². The van der Waals surface area contributed by atoms with Crippen LogP contribution in [0.2, 0.25) is 0 Å². The number of aromatic nitrogens is 3. The van der Waals surface area contributed by atoms with E-state index in [0.29, 0.717) is 28.6 Å². The third kappa shape index (κ3) is 5.24. The number of methoxy groups -OCH3 is 4. The monoisotopic (exact) mass is 497 g/mol. The lowest BCUT2D eigenvalue weighted by atomic mass is 9.95. The molecule has 0 aliphatic heterocycles. The average Bonchev–Trinajstić information content (AvgIpc) is 3.35. The highest BCUT2D eigenvalue weighted by atomic mass is 32.2. The molecule has 0 radical (unpaired) electrons. The Labute approximate surface area is 209 Å². The molecule has 1 saturated carbocycles. The van der Waals surface area contributed by atoms with E-state index in [1.165, 1.54) is 18.2 Å². The Morgan fingerprint density at radius 1 is 0.914 bits per heavy atom. The zero-order valence-corrected chi connectivity index (χ0v) is 21.4. The fourth-order valence-corrected chi connectivity index (χ4v) is 5.42. The first kappa shape index (κ1) is 24.9. The molecule has 1 fully saturated rings. The van der Waals surface area contributed by atoms with Gasteiger partial charge in [-0.2, -0.15) is 0 Å². The summed E-state index contributed by atoms with van der Waals surface area (Å²) >= 11 is 1.40. The number of carbonyl (C=O) groups excluding carboxylic acids is 1. The van der Waals surface area contributed by atoms with Gasteiger partial charge in [-0.3, -0.25) is 9.36 Å². The van der Waals surface area contributed by atoms with Crippen LogP contribution in [0, 0.1) is 0 Å². The first-order chi connectivity index (χ1) is 17.1. The molecular formula is C26H31N3O5S. The predicted molar refractivity (Wildman–Crippen MR) is 135 cm³/mol. The summed E-state index contributed by atoms with van der Waals surface area (Å²) < 4.78 is 24.1. The van der Waals surface area contributed by atoms with Gasteiger partial charge in [0.2, 0.25) is 5.75 Å². The van der Waals surface area contributed by atoms with E-state index in [1.807, 2.05) is 24.3 Å². The van der Waals surface area contributed by atoms with E-state index in [4.69, 9.17) is 18.9 Å². The second-order valence-corrected chi connectivity index (χ2v) is 9.24. The van der Waals surface area contributed by atoms with Crippen LogP contribution in [0.3, 0.4) is 0 Å². The van der Waals surface area contributed by atoms with E-state index in [1.54, 1.807) is 40.6 Å². The maximum Gasteiger partial charge on any atom is 0.203 e. The Kier molecular flexibility index (Phi) is 8.17. The minimum atomic E-state index is -0.0139. The second-order valence-electron chi connectivity index (χ2n) is 8.29. The molecule has 9 heteroatoms. The van der Waals surface area contributed by atoms with Crippen molar-refractivity contribution >= 4 is 17.5 Å². The Morgan fingerprint density at radius 3 is 2.20 bits per heavy atom. The molecule has 0 amide bonds. The second kappa shape index (κ2) is 11.5. The average molecular weight is 498 g/mol. The maximum atomic E-state index is 13.0. The molecule has 0 spiro atoms. The van der Waals surface area contributed by atoms with Crippen LogP contribution in [0.4, 0.5) is 0 Å². The van der Waals surface area contributed by atoms with Gasteiger partial charge in [-0.05, 0) is 37.1 Å². The Morgan fingerprint density at radius 2 is 1.57 bits per heavy atom. The highest BCUT2D eigenvalue weighted by molar-refractivity contribution is 7.99. The highest BCUT2D eigenvalue weighted by Crippen LogP contribution is 2.43. The fraction of sp³-hybridized carbons (Fsp3) is 0.423. The van der Waals surface area contributed by atoms with E-state index in [0.717, 1.165) is 42.2 Å². The van der Waals surface area contributed by atoms with E-state index in [-0.39, 0.29) is 17.6 Å². The van der Waals surface area contributed by atoms with Crippen molar-refractivity contribution in [3.63, 3.8) is 0 Å². The number of thioether (sulfide) groups is 1. The van der Waals surface area contributed by atoms with Crippen molar-refractivity contribution in [2.75, 3.05) is 34.2 Å². The van der Waals surface area contributed by atoms with Crippen LogP contribution in [-0.2, 0) is 0 Å². The summed E-state index contributed by atoms with van der Waals surface area (Å²) in [4.78, 5) is 13.0. The Hall–Kier alpha value is -3.20. The first-order valence-corrected chi connectivity index (χ1v) is 12.6. The number of benzene rings is 2. The molecule has 1 aliphatic carbocycles. The van der Waals surface area contributed by atoms with Crippen LogP contribution in [0.1, 0.15) is 48.5 Å². The third-order valence-corrected chi connectivity index (χ3v) is 7.21. The van der Waals surface area contributed by atoms with Crippen molar-refractivity contribution in [1.29, 1.82) is 0 Å². The van der Waals surface area contributed by atoms with Gasteiger partial charge in [0, 0.05) is 11.6 Å². The molecule has 4 rings (SSSR count). The number of hydrogen-bond acceptors (Lipinski definition) is 8. The van der Waals surface area contributed by atoms with Gasteiger partial charge in [0.15, 0.2) is 28.3 Å². The summed E-state index contributed by atoms with van der Waals surface area (Å²) in [6.45, 7) is 0. The molecule has 2 aromatic carbocycles. The molecule has 8 nitrogen and oxygen atoms in total. The molecular weight excluding hydrogens is 466 g/mol. The van der Waals surface area contributed by atoms with Gasteiger partial charge in [-0.15, -0.1) is 10.2 Å². The Balaban J connectivity index is 1.70. The Bertz CT molecular complexity index is 1150. The van der Waals surface area contributed by atoms with Crippen molar-refractivity contribution in [2.24, 2.45) is 0 Å². The zero-order valence-electron chi connectivity index (χ0n) is 20.6. The number of carbonyl (C=O) groups is 1. The lowest BCUT2D eigenvalue weighted by molar-refractivity contribution is 0.101. The van der Waals surface area contributed by atoms with Gasteiger partial charge in [0.25, 0.3) is 0 Å². The number of ether oxygens (including phenoxy) is 4. The van der Waals surface area contributed by atoms with Crippen LogP contribution in [0.5, 0.6) is 23.0 Å². The van der Waals surface area contributed by atoms with Crippen LogP contribution in [-0.4, -0.2) is 54.7 Å². The number of hydrogen-bond donors (Lipinski definition) is 0. The van der Waals surface area contributed by atoms with Crippen molar-refractivity contribution in [3.05, 3.63) is 42.0 Å². The molecule has 186 valence electrons. The minimum Gasteiger partial charge on any atom is -0.496 e. The molecule has 0 bridgehead atoms. The number of ketones is 1. The fourth-order valence-electron chi connectivity index (χ4n) is 4.53.